The minimum atomic E-state index is -0.544. The number of amides is 2. The van der Waals surface area contributed by atoms with Gasteiger partial charge in [0.15, 0.2) is 0 Å². The molecule has 0 aliphatic carbocycles. The van der Waals surface area contributed by atoms with E-state index in [2.05, 4.69) is 0 Å². The third kappa shape index (κ3) is 4.34. The van der Waals surface area contributed by atoms with E-state index in [-0.39, 0.29) is 11.6 Å². The average Bonchev–Trinajstić information content (AvgIpc) is 3.30. The molecule has 0 saturated heterocycles. The van der Waals surface area contributed by atoms with E-state index in [9.17, 15) is 14.9 Å². The molecule has 1 atom stereocenters. The molecule has 7 nitrogen and oxygen atoms in total. The number of nitrogens with zero attached hydrogens (tertiary/aromatic N) is 4. The minimum absolute atomic E-state index is 0.0150. The SMILES string of the molecule is CCC(C)N1C(=O)C(C#N)=C(C)/C(=C\c2cn(-c3ccccc3)nc2-c2ccc(OC)cc2C)C1=O. The van der Waals surface area contributed by atoms with Crippen molar-refractivity contribution in [2.45, 2.75) is 40.2 Å². The molecule has 2 aromatic carbocycles. The average molecular weight is 481 g/mol. The first-order valence-electron chi connectivity index (χ1n) is 11.8. The van der Waals surface area contributed by atoms with E-state index in [1.807, 2.05) is 81.6 Å². The fraction of sp³-hybridized carbons (Fsp3) is 0.241. The molecule has 4 rings (SSSR count). The largest absolute Gasteiger partial charge is 0.497 e. The first-order chi connectivity index (χ1) is 17.3. The molecule has 0 saturated carbocycles. The van der Waals surface area contributed by atoms with Crippen LogP contribution in [0.1, 0.15) is 38.3 Å². The highest BCUT2D eigenvalue weighted by atomic mass is 16.5. The number of hydrogen-bond donors (Lipinski definition) is 0. The first-order valence-corrected chi connectivity index (χ1v) is 11.8. The lowest BCUT2D eigenvalue weighted by molar-refractivity contribution is -0.142. The van der Waals surface area contributed by atoms with Gasteiger partial charge >= 0.3 is 0 Å². The highest BCUT2D eigenvalue weighted by molar-refractivity contribution is 6.20. The van der Waals surface area contributed by atoms with Gasteiger partial charge in [0.1, 0.15) is 23.1 Å². The normalized spacial score (nSPS) is 15.9. The first kappa shape index (κ1) is 24.7. The Morgan fingerprint density at radius 3 is 2.44 bits per heavy atom. The second kappa shape index (κ2) is 10.0. The van der Waals surface area contributed by atoms with Gasteiger partial charge in [-0.3, -0.25) is 14.5 Å². The lowest BCUT2D eigenvalue weighted by Crippen LogP contribution is -2.47. The highest BCUT2D eigenvalue weighted by Crippen LogP contribution is 2.34. The van der Waals surface area contributed by atoms with Crippen LogP contribution < -0.4 is 4.74 Å². The zero-order valence-corrected chi connectivity index (χ0v) is 21.1. The van der Waals surface area contributed by atoms with Gasteiger partial charge in [0.2, 0.25) is 0 Å². The Balaban J connectivity index is 1.95. The number of para-hydroxylation sites is 1. The second-order valence-electron chi connectivity index (χ2n) is 8.80. The lowest BCUT2D eigenvalue weighted by Gasteiger charge is -2.31. The van der Waals surface area contributed by atoms with E-state index >= 15 is 0 Å². The summed E-state index contributed by atoms with van der Waals surface area (Å²) in [6, 6.07) is 17.1. The van der Waals surface area contributed by atoms with Gasteiger partial charge in [0, 0.05) is 28.9 Å². The zero-order valence-electron chi connectivity index (χ0n) is 21.1. The molecule has 0 spiro atoms. The molecular formula is C29H28N4O3. The Hall–Kier alpha value is -4.44. The fourth-order valence-electron chi connectivity index (χ4n) is 4.28. The second-order valence-corrected chi connectivity index (χ2v) is 8.80. The van der Waals surface area contributed by atoms with Crippen LogP contribution in [0.25, 0.3) is 23.0 Å². The summed E-state index contributed by atoms with van der Waals surface area (Å²) in [5.41, 5.74) is 4.76. The number of carbonyl (C=O) groups is 2. The predicted octanol–water partition coefficient (Wildman–Crippen LogP) is 5.25. The molecule has 0 radical (unpaired) electrons. The standard InChI is InChI=1S/C29H28N4O3/c1-6-19(3)33-28(34)25(20(4)26(16-30)29(33)35)15-21-17-32(22-10-8-7-9-11-22)31-27(21)24-13-12-23(36-5)14-18(24)2/h7-15,17,19H,6H2,1-5H3/b25-15+. The van der Waals surface area contributed by atoms with Gasteiger partial charge < -0.3 is 4.74 Å². The highest BCUT2D eigenvalue weighted by Gasteiger charge is 2.37. The van der Waals surface area contributed by atoms with Gasteiger partial charge in [-0.15, -0.1) is 0 Å². The molecule has 1 aliphatic heterocycles. The Morgan fingerprint density at radius 1 is 1.11 bits per heavy atom. The molecule has 1 aromatic heterocycles. The summed E-state index contributed by atoms with van der Waals surface area (Å²) < 4.78 is 7.13. The number of aryl methyl sites for hydroxylation is 1. The molecule has 2 heterocycles. The van der Waals surface area contributed by atoms with E-state index in [0.29, 0.717) is 28.8 Å². The van der Waals surface area contributed by atoms with Crippen molar-refractivity contribution in [3.63, 3.8) is 0 Å². The van der Waals surface area contributed by atoms with E-state index in [0.717, 1.165) is 22.6 Å². The van der Waals surface area contributed by atoms with E-state index in [1.54, 1.807) is 24.8 Å². The number of benzene rings is 2. The van der Waals surface area contributed by atoms with Gasteiger partial charge in [-0.2, -0.15) is 10.4 Å². The molecule has 182 valence electrons. The van der Waals surface area contributed by atoms with Crippen molar-refractivity contribution in [2.24, 2.45) is 0 Å². The summed E-state index contributed by atoms with van der Waals surface area (Å²) in [6.45, 7) is 7.33. The number of ether oxygens (including phenoxy) is 1. The molecule has 3 aromatic rings. The molecule has 0 fully saturated rings. The van der Waals surface area contributed by atoms with Crippen molar-refractivity contribution in [2.75, 3.05) is 7.11 Å². The molecule has 0 N–H and O–H groups in total. The van der Waals surface area contributed by atoms with Crippen molar-refractivity contribution in [3.05, 3.63) is 82.6 Å². The van der Waals surface area contributed by atoms with Crippen LogP contribution in [0.15, 0.2) is 71.4 Å². The molecular weight excluding hydrogens is 452 g/mol. The van der Waals surface area contributed by atoms with E-state index in [1.165, 1.54) is 4.90 Å². The summed E-state index contributed by atoms with van der Waals surface area (Å²) >= 11 is 0. The summed E-state index contributed by atoms with van der Waals surface area (Å²) in [4.78, 5) is 27.7. The monoisotopic (exact) mass is 480 g/mol. The number of aromatic nitrogens is 2. The maximum Gasteiger partial charge on any atom is 0.271 e. The summed E-state index contributed by atoms with van der Waals surface area (Å²) in [5.74, 6) is -0.213. The molecule has 2 amide bonds. The molecule has 1 aliphatic rings. The number of methoxy groups -OCH3 is 1. The van der Waals surface area contributed by atoms with Crippen LogP contribution in [0.5, 0.6) is 5.75 Å². The zero-order chi connectivity index (χ0) is 26.0. The van der Waals surface area contributed by atoms with Gasteiger partial charge in [-0.1, -0.05) is 25.1 Å². The van der Waals surface area contributed by atoms with E-state index in [4.69, 9.17) is 9.84 Å². The van der Waals surface area contributed by atoms with Gasteiger partial charge in [0.05, 0.1) is 12.8 Å². The fourth-order valence-corrected chi connectivity index (χ4v) is 4.28. The third-order valence-corrected chi connectivity index (χ3v) is 6.56. The van der Waals surface area contributed by atoms with Crippen LogP contribution in [0.2, 0.25) is 0 Å². The van der Waals surface area contributed by atoms with Gasteiger partial charge in [-0.05, 0) is 74.7 Å². The summed E-state index contributed by atoms with van der Waals surface area (Å²) in [6.07, 6.45) is 4.19. The van der Waals surface area contributed by atoms with Gasteiger partial charge in [0.25, 0.3) is 11.8 Å². The van der Waals surface area contributed by atoms with Crippen LogP contribution >= 0.6 is 0 Å². The smallest absolute Gasteiger partial charge is 0.271 e. The van der Waals surface area contributed by atoms with Crippen LogP contribution in [0, 0.1) is 18.3 Å². The summed E-state index contributed by atoms with van der Waals surface area (Å²) in [5, 5.41) is 14.6. The van der Waals surface area contributed by atoms with Crippen molar-refractivity contribution < 1.29 is 14.3 Å². The summed E-state index contributed by atoms with van der Waals surface area (Å²) in [7, 11) is 1.62. The van der Waals surface area contributed by atoms with E-state index < -0.39 is 11.8 Å². The van der Waals surface area contributed by atoms with Crippen molar-refractivity contribution >= 4 is 17.9 Å². The quantitative estimate of drug-likeness (QED) is 0.355. The third-order valence-electron chi connectivity index (χ3n) is 6.56. The van der Waals surface area contributed by atoms with Crippen LogP contribution in [-0.4, -0.2) is 39.6 Å². The number of carbonyl (C=O) groups excluding carboxylic acids is 2. The molecule has 36 heavy (non-hydrogen) atoms. The van der Waals surface area contributed by atoms with Crippen LogP contribution in [-0.2, 0) is 9.59 Å². The molecule has 7 heteroatoms. The Labute approximate surface area is 210 Å². The molecule has 0 bridgehead atoms. The van der Waals surface area contributed by atoms with Crippen molar-refractivity contribution in [1.29, 1.82) is 5.26 Å². The molecule has 1 unspecified atom stereocenters. The maximum atomic E-state index is 13.5. The Kier molecular flexibility index (Phi) is 6.89. The van der Waals surface area contributed by atoms with Crippen LogP contribution in [0.3, 0.4) is 0 Å². The topological polar surface area (TPSA) is 88.2 Å². The number of hydrogen-bond acceptors (Lipinski definition) is 5. The van der Waals surface area contributed by atoms with Gasteiger partial charge in [-0.25, -0.2) is 4.68 Å². The lowest BCUT2D eigenvalue weighted by atomic mass is 9.92. The number of nitriles is 1. The van der Waals surface area contributed by atoms with Crippen molar-refractivity contribution in [3.8, 4) is 28.8 Å². The van der Waals surface area contributed by atoms with Crippen LogP contribution in [0.4, 0.5) is 0 Å². The number of rotatable bonds is 6. The minimum Gasteiger partial charge on any atom is -0.497 e. The Bertz CT molecular complexity index is 1440. The maximum absolute atomic E-state index is 13.5. The number of imide groups is 1. The van der Waals surface area contributed by atoms with Crippen molar-refractivity contribution in [1.82, 2.24) is 14.7 Å². The predicted molar refractivity (Wildman–Crippen MR) is 138 cm³/mol. The Morgan fingerprint density at radius 2 is 1.83 bits per heavy atom.